The zero-order valence-corrected chi connectivity index (χ0v) is 30.0. The fourth-order valence-corrected chi connectivity index (χ4v) is 13.2. The monoisotopic (exact) mass is 706 g/mol. The molecule has 4 atom stereocenters. The highest BCUT2D eigenvalue weighted by Crippen LogP contribution is 2.50. The number of nitrogens with one attached hydrogen (secondary N) is 4. The molecule has 4 aliphatic heterocycles. The van der Waals surface area contributed by atoms with Crippen LogP contribution in [0.1, 0.15) is 51.4 Å². The van der Waals surface area contributed by atoms with Crippen molar-refractivity contribution >= 4 is 70.1 Å². The predicted octanol–water partition coefficient (Wildman–Crippen LogP) is 4.99. The molecule has 0 amide bonds. The number of hydrogen-bond acceptors (Lipinski definition) is 8. The second kappa shape index (κ2) is 14.8. The van der Waals surface area contributed by atoms with E-state index in [4.69, 9.17) is 0 Å². The largest absolute Gasteiger partial charge is 0.307 e. The summed E-state index contributed by atoms with van der Waals surface area (Å²) in [5, 5.41) is 18.8. The van der Waals surface area contributed by atoms with Crippen LogP contribution < -0.4 is 31.9 Å². The lowest BCUT2D eigenvalue weighted by molar-refractivity contribution is -0.117. The van der Waals surface area contributed by atoms with Gasteiger partial charge in [0.15, 0.2) is 22.1 Å². The van der Waals surface area contributed by atoms with Crippen LogP contribution in [-0.2, 0) is 19.2 Å². The van der Waals surface area contributed by atoms with Gasteiger partial charge in [0.2, 0.25) is 0 Å². The lowest BCUT2D eigenvalue weighted by Gasteiger charge is -2.29. The van der Waals surface area contributed by atoms with Crippen LogP contribution in [0.5, 0.6) is 0 Å². The van der Waals surface area contributed by atoms with E-state index in [1.54, 1.807) is 0 Å². The molecule has 50 heavy (non-hydrogen) atoms. The molecule has 4 saturated heterocycles. The van der Waals surface area contributed by atoms with Gasteiger partial charge in [-0.3, -0.25) is 19.2 Å². The summed E-state index contributed by atoms with van der Waals surface area (Å²) in [7, 11) is -3.89. The number of carbonyl (C=O) groups is 4. The molecular formula is C40H44N4O4P2. The van der Waals surface area contributed by atoms with E-state index in [0.29, 0.717) is 25.7 Å². The van der Waals surface area contributed by atoms with Gasteiger partial charge in [-0.2, -0.15) is 0 Å². The molecule has 0 unspecified atom stereocenters. The van der Waals surface area contributed by atoms with Crippen LogP contribution in [0.4, 0.5) is 0 Å². The van der Waals surface area contributed by atoms with E-state index in [2.05, 4.69) is 45.5 Å². The third-order valence-electron chi connectivity index (χ3n) is 10.9. The van der Waals surface area contributed by atoms with Crippen molar-refractivity contribution in [2.45, 2.75) is 75.5 Å². The maximum atomic E-state index is 14.7. The van der Waals surface area contributed by atoms with Crippen molar-refractivity contribution in [2.75, 3.05) is 26.2 Å². The van der Waals surface area contributed by atoms with Gasteiger partial charge in [0.05, 0.1) is 40.0 Å². The van der Waals surface area contributed by atoms with Gasteiger partial charge < -0.3 is 21.3 Å². The molecule has 4 aromatic carbocycles. The van der Waals surface area contributed by atoms with Crippen molar-refractivity contribution in [2.24, 2.45) is 0 Å². The molecule has 4 heterocycles. The molecule has 8 rings (SSSR count). The Morgan fingerprint density at radius 1 is 0.440 bits per heavy atom. The first-order chi connectivity index (χ1) is 24.5. The van der Waals surface area contributed by atoms with Gasteiger partial charge in [0, 0.05) is 0 Å². The first-order valence-electron chi connectivity index (χ1n) is 18.2. The summed E-state index contributed by atoms with van der Waals surface area (Å²) < 4.78 is 0. The van der Waals surface area contributed by atoms with Crippen LogP contribution in [0.3, 0.4) is 0 Å². The van der Waals surface area contributed by atoms with Crippen LogP contribution >= 0.6 is 15.8 Å². The van der Waals surface area contributed by atoms with E-state index in [0.717, 1.165) is 95.1 Å². The van der Waals surface area contributed by atoms with Gasteiger partial charge in [-0.25, -0.2) is 0 Å². The molecule has 0 aliphatic carbocycles. The molecule has 4 aromatic rings. The first-order valence-corrected chi connectivity index (χ1v) is 20.9. The number of benzene rings is 4. The van der Waals surface area contributed by atoms with Crippen LogP contribution in [0.2, 0.25) is 0 Å². The van der Waals surface area contributed by atoms with Crippen molar-refractivity contribution in [3.8, 4) is 11.1 Å². The topological polar surface area (TPSA) is 116 Å². The Morgan fingerprint density at radius 3 is 1.06 bits per heavy atom. The van der Waals surface area contributed by atoms with Gasteiger partial charge in [0.1, 0.15) is 0 Å². The summed E-state index contributed by atoms with van der Waals surface area (Å²) in [4.78, 5) is 58.8. The average molecular weight is 707 g/mol. The van der Waals surface area contributed by atoms with Crippen molar-refractivity contribution in [1.29, 1.82) is 0 Å². The SMILES string of the molecule is O=C([C@@H]1CCCN1)P(C(=O)[C@@H]1CCCN1)c1ccc2ccccc2c1-c1c(P(C(=O)[C@@H]2CCCN2)C(=O)[C@@H]2CCCN2)ccc2ccccc12. The summed E-state index contributed by atoms with van der Waals surface area (Å²) in [5.74, 6) is 0. The Kier molecular flexibility index (Phi) is 10.0. The number of fused-ring (bicyclic) bond motifs is 2. The van der Waals surface area contributed by atoms with Gasteiger partial charge in [0.25, 0.3) is 0 Å². The second-order valence-corrected chi connectivity index (χ2v) is 18.0. The molecule has 10 heteroatoms. The fraction of sp³-hybridized carbons (Fsp3) is 0.400. The molecule has 0 bridgehead atoms. The third-order valence-corrected chi connectivity index (χ3v) is 15.6. The molecule has 0 saturated carbocycles. The summed E-state index contributed by atoms with van der Waals surface area (Å²) in [6.07, 6.45) is 6.42. The van der Waals surface area contributed by atoms with Crippen molar-refractivity contribution < 1.29 is 19.2 Å². The van der Waals surface area contributed by atoms with E-state index in [9.17, 15) is 19.2 Å². The minimum Gasteiger partial charge on any atom is -0.307 e. The Morgan fingerprint density at radius 2 is 0.760 bits per heavy atom. The van der Waals surface area contributed by atoms with Crippen LogP contribution in [0, 0.1) is 0 Å². The lowest BCUT2D eigenvalue weighted by atomic mass is 9.93. The normalized spacial score (nSPS) is 23.8. The quantitative estimate of drug-likeness (QED) is 0.162. The van der Waals surface area contributed by atoms with E-state index in [1.807, 2.05) is 48.5 Å². The third kappa shape index (κ3) is 6.29. The molecular weight excluding hydrogens is 662 g/mol. The van der Waals surface area contributed by atoms with Crippen molar-refractivity contribution in [3.05, 3.63) is 72.8 Å². The number of hydrogen-bond donors (Lipinski definition) is 4. The highest BCUT2D eigenvalue weighted by atomic mass is 31.1. The standard InChI is InChI=1S/C40H44N4O4P2/c45-37(29-13-5-21-41-29)49(38(46)30-14-6-22-42-30)33-19-17-25-9-1-3-11-27(25)35(33)36-28-12-4-2-10-26(28)18-20-34(36)50(39(47)31-15-7-23-43-31)40(48)32-16-8-24-44-32/h1-4,9-12,17-20,29-32,41-44H,5-8,13-16,21-24H2/t29-,30-,31-,32-/m0/s1. The zero-order valence-electron chi connectivity index (χ0n) is 28.3. The Bertz CT molecular complexity index is 1760. The zero-order chi connectivity index (χ0) is 34.2. The molecule has 0 radical (unpaired) electrons. The molecule has 0 spiro atoms. The van der Waals surface area contributed by atoms with E-state index in [-0.39, 0.29) is 46.3 Å². The molecule has 258 valence electrons. The summed E-state index contributed by atoms with van der Waals surface area (Å²) >= 11 is 0. The molecule has 8 nitrogen and oxygen atoms in total. The van der Waals surface area contributed by atoms with Crippen molar-refractivity contribution in [1.82, 2.24) is 21.3 Å². The van der Waals surface area contributed by atoms with Crippen LogP contribution in [0.25, 0.3) is 32.7 Å². The maximum Gasteiger partial charge on any atom is 0.183 e. The lowest BCUT2D eigenvalue weighted by Crippen LogP contribution is -2.39. The van der Waals surface area contributed by atoms with Gasteiger partial charge >= 0.3 is 0 Å². The Labute approximate surface area is 295 Å². The summed E-state index contributed by atoms with van der Waals surface area (Å²) in [5.41, 5.74) is 1.49. The smallest absolute Gasteiger partial charge is 0.183 e. The summed E-state index contributed by atoms with van der Waals surface area (Å²) in [6, 6.07) is 22.8. The Hall–Kier alpha value is -3.22. The highest BCUT2D eigenvalue weighted by Gasteiger charge is 2.43. The van der Waals surface area contributed by atoms with Gasteiger partial charge in [-0.15, -0.1) is 0 Å². The molecule has 4 fully saturated rings. The van der Waals surface area contributed by atoms with E-state index in [1.165, 1.54) is 0 Å². The van der Waals surface area contributed by atoms with Crippen LogP contribution in [-0.4, -0.2) is 72.4 Å². The molecule has 4 aliphatic rings. The molecule has 0 aromatic heterocycles. The van der Waals surface area contributed by atoms with Gasteiger partial charge in [-0.05, 0) is 121 Å². The summed E-state index contributed by atoms with van der Waals surface area (Å²) in [6.45, 7) is 3.03. The number of rotatable bonds is 11. The maximum absolute atomic E-state index is 14.7. The van der Waals surface area contributed by atoms with E-state index >= 15 is 0 Å². The average Bonchev–Trinajstić information content (AvgIpc) is 4.00. The van der Waals surface area contributed by atoms with Crippen LogP contribution in [0.15, 0.2) is 72.8 Å². The first kappa shape index (κ1) is 33.9. The van der Waals surface area contributed by atoms with Gasteiger partial charge in [-0.1, -0.05) is 72.8 Å². The van der Waals surface area contributed by atoms with E-state index < -0.39 is 15.8 Å². The minimum absolute atomic E-state index is 0.0331. The van der Waals surface area contributed by atoms with Crippen molar-refractivity contribution in [3.63, 3.8) is 0 Å². The number of carbonyl (C=O) groups excluding carboxylic acids is 4. The fourth-order valence-electron chi connectivity index (χ4n) is 8.31. The minimum atomic E-state index is -1.94. The highest BCUT2D eigenvalue weighted by molar-refractivity contribution is 7.96. The predicted molar refractivity (Wildman–Crippen MR) is 204 cm³/mol. The molecule has 4 N–H and O–H groups in total. The second-order valence-electron chi connectivity index (χ2n) is 14.0. The Balaban J connectivity index is 1.42.